The molecule has 2 rings (SSSR count). The number of rotatable bonds is 3. The SMILES string of the molecule is CC(O)C1CCCN(S(=O)(=O)c2ccc(C#N)c(Cl)c2)C1. The number of nitriles is 1. The highest BCUT2D eigenvalue weighted by Crippen LogP contribution is 2.27. The van der Waals surface area contributed by atoms with E-state index in [2.05, 4.69) is 0 Å². The fourth-order valence-electron chi connectivity index (χ4n) is 2.48. The van der Waals surface area contributed by atoms with Crippen LogP contribution < -0.4 is 0 Å². The largest absolute Gasteiger partial charge is 0.393 e. The summed E-state index contributed by atoms with van der Waals surface area (Å²) in [5.41, 5.74) is 0.246. The third-order valence-corrected chi connectivity index (χ3v) is 5.98. The van der Waals surface area contributed by atoms with Crippen molar-refractivity contribution >= 4 is 21.6 Å². The van der Waals surface area contributed by atoms with E-state index in [1.165, 1.54) is 22.5 Å². The van der Waals surface area contributed by atoms with Crippen molar-refractivity contribution in [2.24, 2.45) is 5.92 Å². The van der Waals surface area contributed by atoms with Crippen molar-refractivity contribution in [3.05, 3.63) is 28.8 Å². The van der Waals surface area contributed by atoms with Gasteiger partial charge in [0.15, 0.2) is 0 Å². The third kappa shape index (κ3) is 3.38. The van der Waals surface area contributed by atoms with Crippen LogP contribution >= 0.6 is 11.6 Å². The molecule has 2 atom stereocenters. The lowest BCUT2D eigenvalue weighted by molar-refractivity contribution is 0.0885. The Morgan fingerprint density at radius 1 is 1.52 bits per heavy atom. The standard InChI is InChI=1S/C14H17ClN2O3S/c1-10(18)12-3-2-6-17(9-12)21(19,20)13-5-4-11(8-16)14(15)7-13/h4-5,7,10,12,18H,2-3,6,9H2,1H3. The Morgan fingerprint density at radius 2 is 2.24 bits per heavy atom. The average molecular weight is 329 g/mol. The molecule has 1 N–H and O–H groups in total. The van der Waals surface area contributed by atoms with Crippen molar-refractivity contribution in [2.45, 2.75) is 30.8 Å². The predicted octanol–water partition coefficient (Wildman–Crippen LogP) is 1.99. The first kappa shape index (κ1) is 16.2. The summed E-state index contributed by atoms with van der Waals surface area (Å²) in [6, 6.07) is 6.01. The second-order valence-corrected chi connectivity index (χ2v) is 7.60. The van der Waals surface area contributed by atoms with Crippen LogP contribution in [-0.2, 0) is 10.0 Å². The molecule has 1 aromatic rings. The smallest absolute Gasteiger partial charge is 0.243 e. The highest BCUT2D eigenvalue weighted by Gasteiger charge is 2.32. The quantitative estimate of drug-likeness (QED) is 0.920. The van der Waals surface area contributed by atoms with E-state index >= 15 is 0 Å². The van der Waals surface area contributed by atoms with Gasteiger partial charge in [0.2, 0.25) is 10.0 Å². The van der Waals surface area contributed by atoms with Crippen LogP contribution in [0.5, 0.6) is 0 Å². The fraction of sp³-hybridized carbons (Fsp3) is 0.500. The molecule has 5 nitrogen and oxygen atoms in total. The highest BCUT2D eigenvalue weighted by molar-refractivity contribution is 7.89. The van der Waals surface area contributed by atoms with Gasteiger partial charge in [-0.15, -0.1) is 0 Å². The van der Waals surface area contributed by atoms with Crippen molar-refractivity contribution in [2.75, 3.05) is 13.1 Å². The number of sulfonamides is 1. The molecule has 0 amide bonds. The minimum Gasteiger partial charge on any atom is -0.393 e. The Labute approximate surface area is 129 Å². The van der Waals surface area contributed by atoms with Crippen LogP contribution in [0.25, 0.3) is 0 Å². The minimum atomic E-state index is -3.65. The zero-order chi connectivity index (χ0) is 15.6. The zero-order valence-corrected chi connectivity index (χ0v) is 13.2. The number of aliphatic hydroxyl groups is 1. The molecule has 1 fully saturated rings. The number of aliphatic hydroxyl groups excluding tert-OH is 1. The molecule has 1 heterocycles. The number of hydrogen-bond donors (Lipinski definition) is 1. The number of nitrogens with zero attached hydrogens (tertiary/aromatic N) is 2. The first-order valence-corrected chi connectivity index (χ1v) is 8.56. The molecule has 7 heteroatoms. The van der Waals surface area contributed by atoms with Crippen LogP contribution in [0.4, 0.5) is 0 Å². The van der Waals surface area contributed by atoms with Crippen molar-refractivity contribution in [1.82, 2.24) is 4.31 Å². The van der Waals surface area contributed by atoms with Gasteiger partial charge >= 0.3 is 0 Å². The van der Waals surface area contributed by atoms with Gasteiger partial charge < -0.3 is 5.11 Å². The molecule has 114 valence electrons. The van der Waals surface area contributed by atoms with E-state index < -0.39 is 16.1 Å². The Morgan fingerprint density at radius 3 is 2.81 bits per heavy atom. The van der Waals surface area contributed by atoms with Gasteiger partial charge in [0.1, 0.15) is 6.07 Å². The molecule has 0 aliphatic carbocycles. The lowest BCUT2D eigenvalue weighted by Gasteiger charge is -2.33. The summed E-state index contributed by atoms with van der Waals surface area (Å²) in [4.78, 5) is 0.0812. The van der Waals surface area contributed by atoms with Crippen molar-refractivity contribution in [1.29, 1.82) is 5.26 Å². The van der Waals surface area contributed by atoms with Crippen LogP contribution in [0.2, 0.25) is 5.02 Å². The first-order chi connectivity index (χ1) is 9.86. The Hall–Kier alpha value is -1.13. The van der Waals surface area contributed by atoms with Gasteiger partial charge in [-0.25, -0.2) is 8.42 Å². The van der Waals surface area contributed by atoms with E-state index in [-0.39, 0.29) is 21.4 Å². The molecule has 0 radical (unpaired) electrons. The Bertz CT molecular complexity index is 667. The number of piperidine rings is 1. The highest BCUT2D eigenvalue weighted by atomic mass is 35.5. The number of hydrogen-bond acceptors (Lipinski definition) is 4. The Balaban J connectivity index is 2.29. The van der Waals surface area contributed by atoms with Crippen LogP contribution in [0.3, 0.4) is 0 Å². The zero-order valence-electron chi connectivity index (χ0n) is 11.7. The summed E-state index contributed by atoms with van der Waals surface area (Å²) < 4.78 is 26.6. The molecule has 0 spiro atoms. The second kappa shape index (κ2) is 6.32. The van der Waals surface area contributed by atoms with E-state index in [1.54, 1.807) is 6.92 Å². The molecule has 1 aromatic carbocycles. The van der Waals surface area contributed by atoms with Crippen LogP contribution in [0, 0.1) is 17.2 Å². The van der Waals surface area contributed by atoms with Gasteiger partial charge in [0, 0.05) is 13.1 Å². The van der Waals surface area contributed by atoms with Crippen molar-refractivity contribution < 1.29 is 13.5 Å². The lowest BCUT2D eigenvalue weighted by Crippen LogP contribution is -2.42. The summed E-state index contributed by atoms with van der Waals surface area (Å²) in [5, 5.41) is 18.6. The first-order valence-electron chi connectivity index (χ1n) is 6.74. The summed E-state index contributed by atoms with van der Waals surface area (Å²) in [6.45, 7) is 2.42. The Kier molecular flexibility index (Phi) is 4.89. The molecule has 0 aromatic heterocycles. The summed E-state index contributed by atoms with van der Waals surface area (Å²) >= 11 is 5.91. The van der Waals surface area contributed by atoms with Crippen molar-refractivity contribution in [3.8, 4) is 6.07 Å². The molecule has 0 saturated carbocycles. The lowest BCUT2D eigenvalue weighted by atomic mass is 9.95. The average Bonchev–Trinajstić information content (AvgIpc) is 2.47. The maximum Gasteiger partial charge on any atom is 0.243 e. The molecule has 1 saturated heterocycles. The van der Waals surface area contributed by atoms with E-state index in [1.807, 2.05) is 6.07 Å². The maximum atomic E-state index is 12.6. The van der Waals surface area contributed by atoms with Crippen LogP contribution in [-0.4, -0.2) is 37.0 Å². The van der Waals surface area contributed by atoms with E-state index in [0.29, 0.717) is 13.1 Å². The summed E-state index contributed by atoms with van der Waals surface area (Å²) in [5.74, 6) is -0.0534. The molecular weight excluding hydrogens is 312 g/mol. The van der Waals surface area contributed by atoms with E-state index in [4.69, 9.17) is 16.9 Å². The van der Waals surface area contributed by atoms with Gasteiger partial charge in [-0.05, 0) is 43.9 Å². The van der Waals surface area contributed by atoms with E-state index in [0.717, 1.165) is 12.8 Å². The summed E-state index contributed by atoms with van der Waals surface area (Å²) in [6.07, 6.45) is 1.00. The molecule has 1 aliphatic rings. The normalized spacial score (nSPS) is 21.7. The fourth-order valence-corrected chi connectivity index (χ4v) is 4.33. The molecule has 0 bridgehead atoms. The van der Waals surface area contributed by atoms with Gasteiger partial charge in [-0.3, -0.25) is 0 Å². The van der Waals surface area contributed by atoms with Gasteiger partial charge in [0.05, 0.1) is 21.6 Å². The molecule has 1 aliphatic heterocycles. The molecule has 2 unspecified atom stereocenters. The van der Waals surface area contributed by atoms with Gasteiger partial charge in [0.25, 0.3) is 0 Å². The molecular formula is C14H17ClN2O3S. The van der Waals surface area contributed by atoms with Crippen LogP contribution in [0.1, 0.15) is 25.3 Å². The monoisotopic (exact) mass is 328 g/mol. The van der Waals surface area contributed by atoms with Crippen LogP contribution in [0.15, 0.2) is 23.1 Å². The topological polar surface area (TPSA) is 81.4 Å². The minimum absolute atomic E-state index is 0.0534. The van der Waals surface area contributed by atoms with Gasteiger partial charge in [-0.2, -0.15) is 9.57 Å². The van der Waals surface area contributed by atoms with Gasteiger partial charge in [-0.1, -0.05) is 11.6 Å². The van der Waals surface area contributed by atoms with E-state index in [9.17, 15) is 13.5 Å². The van der Waals surface area contributed by atoms with Crippen molar-refractivity contribution in [3.63, 3.8) is 0 Å². The second-order valence-electron chi connectivity index (χ2n) is 5.26. The molecule has 21 heavy (non-hydrogen) atoms. The summed E-state index contributed by atoms with van der Waals surface area (Å²) in [7, 11) is -3.65. The third-order valence-electron chi connectivity index (χ3n) is 3.80. The maximum absolute atomic E-state index is 12.6. The predicted molar refractivity (Wildman–Crippen MR) is 79.3 cm³/mol. The number of halogens is 1. The number of benzene rings is 1.